The van der Waals surface area contributed by atoms with E-state index in [0.29, 0.717) is 31.1 Å². The summed E-state index contributed by atoms with van der Waals surface area (Å²) in [5.74, 6) is -0.0918. The first kappa shape index (κ1) is 18.4. The first-order valence-corrected chi connectivity index (χ1v) is 10.0. The minimum absolute atomic E-state index is 0.0918. The van der Waals surface area contributed by atoms with Crippen LogP contribution in [0.2, 0.25) is 0 Å². The number of fused-ring (bicyclic) bond motifs is 1. The first-order valence-electron chi connectivity index (χ1n) is 8.59. The molecule has 6 heteroatoms. The van der Waals surface area contributed by atoms with Crippen LogP contribution < -0.4 is 0 Å². The molecule has 0 aromatic heterocycles. The fourth-order valence-corrected chi connectivity index (χ4v) is 4.44. The Morgan fingerprint density at radius 2 is 1.65 bits per heavy atom. The number of sulfonamides is 1. The van der Waals surface area contributed by atoms with Crippen LogP contribution in [0.1, 0.15) is 6.92 Å². The number of hydrogen-bond donors (Lipinski definition) is 0. The standard InChI is InChI=1S/C20H22N2O3S/c1-2-3-4-9-20(23)21-12-14-22(15-13-21)26(24,25)19-11-10-17-7-5-6-8-18(17)16-19/h2-11,16H,12-15H2,1H3/b3-2+,9-4+. The average molecular weight is 370 g/mol. The summed E-state index contributed by atoms with van der Waals surface area (Å²) in [6.45, 7) is 3.28. The Bertz CT molecular complexity index is 956. The fourth-order valence-electron chi connectivity index (χ4n) is 2.98. The summed E-state index contributed by atoms with van der Waals surface area (Å²) in [5.41, 5.74) is 0. The van der Waals surface area contributed by atoms with Crippen LogP contribution >= 0.6 is 0 Å². The number of piperazine rings is 1. The Morgan fingerprint density at radius 3 is 2.35 bits per heavy atom. The van der Waals surface area contributed by atoms with E-state index in [1.807, 2.05) is 43.3 Å². The third kappa shape index (κ3) is 3.86. The van der Waals surface area contributed by atoms with Gasteiger partial charge in [0, 0.05) is 32.3 Å². The van der Waals surface area contributed by atoms with E-state index in [2.05, 4.69) is 0 Å². The van der Waals surface area contributed by atoms with Gasteiger partial charge in [0.05, 0.1) is 4.90 Å². The fraction of sp³-hybridized carbons (Fsp3) is 0.250. The van der Waals surface area contributed by atoms with Crippen molar-refractivity contribution < 1.29 is 13.2 Å². The van der Waals surface area contributed by atoms with Gasteiger partial charge in [0.15, 0.2) is 0 Å². The van der Waals surface area contributed by atoms with Gasteiger partial charge in [0.1, 0.15) is 0 Å². The van der Waals surface area contributed by atoms with Gasteiger partial charge in [-0.3, -0.25) is 4.79 Å². The zero-order valence-electron chi connectivity index (χ0n) is 14.7. The first-order chi connectivity index (χ1) is 12.5. The van der Waals surface area contributed by atoms with Crippen LogP contribution in [0.25, 0.3) is 10.8 Å². The van der Waals surface area contributed by atoms with Crippen molar-refractivity contribution >= 4 is 26.7 Å². The molecular formula is C20H22N2O3S. The molecule has 1 fully saturated rings. The van der Waals surface area contributed by atoms with E-state index in [-0.39, 0.29) is 5.91 Å². The van der Waals surface area contributed by atoms with Crippen molar-refractivity contribution in [2.45, 2.75) is 11.8 Å². The van der Waals surface area contributed by atoms with Crippen molar-refractivity contribution in [1.29, 1.82) is 0 Å². The highest BCUT2D eigenvalue weighted by Crippen LogP contribution is 2.22. The monoisotopic (exact) mass is 370 g/mol. The molecule has 5 nitrogen and oxygen atoms in total. The molecule has 0 spiro atoms. The summed E-state index contributed by atoms with van der Waals surface area (Å²) >= 11 is 0. The van der Waals surface area contributed by atoms with E-state index in [4.69, 9.17) is 0 Å². The zero-order valence-corrected chi connectivity index (χ0v) is 15.5. The minimum Gasteiger partial charge on any atom is -0.337 e. The van der Waals surface area contributed by atoms with Crippen LogP contribution in [0.3, 0.4) is 0 Å². The third-order valence-electron chi connectivity index (χ3n) is 4.45. The maximum Gasteiger partial charge on any atom is 0.246 e. The van der Waals surface area contributed by atoms with Gasteiger partial charge in [-0.05, 0) is 29.8 Å². The Kier molecular flexibility index (Phi) is 5.54. The van der Waals surface area contributed by atoms with E-state index in [1.165, 1.54) is 10.4 Å². The van der Waals surface area contributed by atoms with Crippen molar-refractivity contribution in [3.05, 3.63) is 66.8 Å². The lowest BCUT2D eigenvalue weighted by Crippen LogP contribution is -2.50. The maximum absolute atomic E-state index is 12.9. The normalized spacial score (nSPS) is 16.7. The van der Waals surface area contributed by atoms with Crippen LogP contribution in [-0.2, 0) is 14.8 Å². The molecule has 0 saturated carbocycles. The van der Waals surface area contributed by atoms with Gasteiger partial charge in [-0.25, -0.2) is 8.42 Å². The number of nitrogens with zero attached hydrogens (tertiary/aromatic N) is 2. The van der Waals surface area contributed by atoms with Crippen LogP contribution in [-0.4, -0.2) is 49.7 Å². The molecule has 1 heterocycles. The summed E-state index contributed by atoms with van der Waals surface area (Å²) in [5, 5.41) is 1.91. The molecule has 3 rings (SSSR count). The Hall–Kier alpha value is -2.44. The summed E-state index contributed by atoms with van der Waals surface area (Å²) in [4.78, 5) is 14.1. The third-order valence-corrected chi connectivity index (χ3v) is 6.35. The molecule has 0 radical (unpaired) electrons. The van der Waals surface area contributed by atoms with Gasteiger partial charge in [0.25, 0.3) is 0 Å². The second-order valence-electron chi connectivity index (χ2n) is 6.12. The number of carbonyl (C=O) groups is 1. The largest absolute Gasteiger partial charge is 0.337 e. The highest BCUT2D eigenvalue weighted by Gasteiger charge is 2.29. The van der Waals surface area contributed by atoms with Crippen LogP contribution in [0.4, 0.5) is 0 Å². The Labute approximate surface area is 154 Å². The molecule has 2 aromatic carbocycles. The van der Waals surface area contributed by atoms with E-state index in [0.717, 1.165) is 10.8 Å². The lowest BCUT2D eigenvalue weighted by molar-refractivity contribution is -0.127. The molecule has 1 amide bonds. The van der Waals surface area contributed by atoms with E-state index in [9.17, 15) is 13.2 Å². The number of benzene rings is 2. The van der Waals surface area contributed by atoms with Crippen molar-refractivity contribution in [2.75, 3.05) is 26.2 Å². The lowest BCUT2D eigenvalue weighted by Gasteiger charge is -2.33. The predicted octanol–water partition coefficient (Wildman–Crippen LogP) is 2.81. The molecule has 2 aromatic rings. The SMILES string of the molecule is C/C=C/C=C/C(=O)N1CCN(S(=O)(=O)c2ccc3ccccc3c2)CC1. The van der Waals surface area contributed by atoms with Gasteiger partial charge < -0.3 is 4.90 Å². The van der Waals surface area contributed by atoms with Gasteiger partial charge in [-0.1, -0.05) is 48.6 Å². The summed E-state index contributed by atoms with van der Waals surface area (Å²) in [6.07, 6.45) is 6.84. The molecule has 26 heavy (non-hydrogen) atoms. The topological polar surface area (TPSA) is 57.7 Å². The Balaban J connectivity index is 1.72. The molecule has 0 N–H and O–H groups in total. The quantitative estimate of drug-likeness (QED) is 0.614. The van der Waals surface area contributed by atoms with Gasteiger partial charge in [-0.15, -0.1) is 0 Å². The summed E-state index contributed by atoms with van der Waals surface area (Å²) in [7, 11) is -3.56. The summed E-state index contributed by atoms with van der Waals surface area (Å²) < 4.78 is 27.3. The van der Waals surface area contributed by atoms with E-state index >= 15 is 0 Å². The highest BCUT2D eigenvalue weighted by molar-refractivity contribution is 7.89. The van der Waals surface area contributed by atoms with Crippen molar-refractivity contribution in [2.24, 2.45) is 0 Å². The molecule has 0 atom stereocenters. The zero-order chi connectivity index (χ0) is 18.6. The average Bonchev–Trinajstić information content (AvgIpc) is 2.67. The van der Waals surface area contributed by atoms with Gasteiger partial charge in [-0.2, -0.15) is 4.31 Å². The second-order valence-corrected chi connectivity index (χ2v) is 8.06. The van der Waals surface area contributed by atoms with Gasteiger partial charge >= 0.3 is 0 Å². The maximum atomic E-state index is 12.9. The molecular weight excluding hydrogens is 348 g/mol. The molecule has 0 bridgehead atoms. The van der Waals surface area contributed by atoms with E-state index in [1.54, 1.807) is 29.2 Å². The Morgan fingerprint density at radius 1 is 0.962 bits per heavy atom. The second kappa shape index (κ2) is 7.85. The van der Waals surface area contributed by atoms with Crippen molar-refractivity contribution in [3.8, 4) is 0 Å². The molecule has 1 saturated heterocycles. The highest BCUT2D eigenvalue weighted by atomic mass is 32.2. The molecule has 1 aliphatic rings. The van der Waals surface area contributed by atoms with Crippen LogP contribution in [0.5, 0.6) is 0 Å². The van der Waals surface area contributed by atoms with Crippen molar-refractivity contribution in [3.63, 3.8) is 0 Å². The number of rotatable bonds is 4. The van der Waals surface area contributed by atoms with Crippen LogP contribution in [0, 0.1) is 0 Å². The number of allylic oxidation sites excluding steroid dienone is 3. The van der Waals surface area contributed by atoms with Gasteiger partial charge in [0.2, 0.25) is 15.9 Å². The van der Waals surface area contributed by atoms with Crippen molar-refractivity contribution in [1.82, 2.24) is 9.21 Å². The number of hydrogen-bond acceptors (Lipinski definition) is 3. The van der Waals surface area contributed by atoms with Crippen LogP contribution in [0.15, 0.2) is 71.7 Å². The molecule has 1 aliphatic heterocycles. The minimum atomic E-state index is -3.56. The molecule has 136 valence electrons. The molecule has 0 unspecified atom stereocenters. The number of amides is 1. The smallest absolute Gasteiger partial charge is 0.246 e. The molecule has 0 aliphatic carbocycles. The van der Waals surface area contributed by atoms with E-state index < -0.39 is 10.0 Å². The summed E-state index contributed by atoms with van der Waals surface area (Å²) in [6, 6.07) is 12.9. The lowest BCUT2D eigenvalue weighted by atomic mass is 10.1. The predicted molar refractivity (Wildman–Crippen MR) is 103 cm³/mol. The number of carbonyl (C=O) groups excluding carboxylic acids is 1.